The first-order valence-corrected chi connectivity index (χ1v) is 9.25. The Morgan fingerprint density at radius 2 is 1.93 bits per heavy atom. The van der Waals surface area contributed by atoms with Gasteiger partial charge in [0.05, 0.1) is 23.8 Å². The average Bonchev–Trinajstić information content (AvgIpc) is 2.71. The Labute approximate surface area is 169 Å². The second-order valence-electron chi connectivity index (χ2n) is 6.65. The normalized spacial score (nSPS) is 11.4. The lowest BCUT2D eigenvalue weighted by Gasteiger charge is -2.21. The van der Waals surface area contributed by atoms with Crippen molar-refractivity contribution >= 4 is 11.9 Å². The maximum atomic E-state index is 13.9. The zero-order valence-electron chi connectivity index (χ0n) is 16.6. The number of rotatable bonds is 8. The second-order valence-corrected chi connectivity index (χ2v) is 6.65. The molecule has 7 heteroatoms. The molecule has 0 radical (unpaired) electrons. The summed E-state index contributed by atoms with van der Waals surface area (Å²) in [4.78, 5) is 25.2. The van der Waals surface area contributed by atoms with Crippen LogP contribution >= 0.6 is 0 Å². The number of amides is 1. The molecule has 0 saturated heterocycles. The van der Waals surface area contributed by atoms with Crippen LogP contribution in [0.15, 0.2) is 42.5 Å². The van der Waals surface area contributed by atoms with Gasteiger partial charge in [-0.2, -0.15) is 5.26 Å². The van der Waals surface area contributed by atoms with E-state index in [0.29, 0.717) is 17.9 Å². The SMILES string of the molecule is CCOc1ccccc1C(=O)N[C@H](C(=O)OCc1cc(C#N)ccc1F)C(C)C. The van der Waals surface area contributed by atoms with Gasteiger partial charge in [0.2, 0.25) is 0 Å². The minimum absolute atomic E-state index is 0.0907. The van der Waals surface area contributed by atoms with E-state index in [9.17, 15) is 14.0 Å². The largest absolute Gasteiger partial charge is 0.493 e. The van der Waals surface area contributed by atoms with Crippen LogP contribution in [0.25, 0.3) is 0 Å². The number of hydrogen-bond acceptors (Lipinski definition) is 5. The highest BCUT2D eigenvalue weighted by Gasteiger charge is 2.27. The molecule has 0 aliphatic heterocycles. The van der Waals surface area contributed by atoms with Crippen molar-refractivity contribution in [3.8, 4) is 11.8 Å². The molecule has 1 N–H and O–H groups in total. The Morgan fingerprint density at radius 3 is 2.59 bits per heavy atom. The lowest BCUT2D eigenvalue weighted by Crippen LogP contribution is -2.45. The molecule has 0 heterocycles. The van der Waals surface area contributed by atoms with Crippen LogP contribution in [-0.2, 0) is 16.1 Å². The molecular formula is C22H23FN2O4. The number of nitriles is 1. The van der Waals surface area contributed by atoms with Crippen LogP contribution in [0, 0.1) is 23.1 Å². The van der Waals surface area contributed by atoms with Gasteiger partial charge in [-0.25, -0.2) is 9.18 Å². The highest BCUT2D eigenvalue weighted by molar-refractivity contribution is 5.99. The summed E-state index contributed by atoms with van der Waals surface area (Å²) in [5, 5.41) is 11.6. The Morgan fingerprint density at radius 1 is 1.21 bits per heavy atom. The van der Waals surface area contributed by atoms with Crippen molar-refractivity contribution in [2.75, 3.05) is 6.61 Å². The lowest BCUT2D eigenvalue weighted by molar-refractivity contribution is -0.148. The van der Waals surface area contributed by atoms with Crippen LogP contribution in [0.3, 0.4) is 0 Å². The van der Waals surface area contributed by atoms with E-state index in [4.69, 9.17) is 14.7 Å². The number of carbonyl (C=O) groups excluding carboxylic acids is 2. The van der Waals surface area contributed by atoms with Gasteiger partial charge in [-0.3, -0.25) is 4.79 Å². The minimum Gasteiger partial charge on any atom is -0.493 e. The average molecular weight is 398 g/mol. The summed E-state index contributed by atoms with van der Waals surface area (Å²) in [5.41, 5.74) is 0.659. The molecule has 0 aromatic heterocycles. The van der Waals surface area contributed by atoms with Crippen molar-refractivity contribution in [1.29, 1.82) is 5.26 Å². The smallest absolute Gasteiger partial charge is 0.329 e. The third-order valence-electron chi connectivity index (χ3n) is 4.18. The molecule has 0 saturated carbocycles. The molecule has 0 fully saturated rings. The van der Waals surface area contributed by atoms with Crippen LogP contribution < -0.4 is 10.1 Å². The zero-order valence-corrected chi connectivity index (χ0v) is 16.6. The third-order valence-corrected chi connectivity index (χ3v) is 4.18. The number of benzene rings is 2. The number of carbonyl (C=O) groups is 2. The third kappa shape index (κ3) is 5.79. The van der Waals surface area contributed by atoms with Crippen molar-refractivity contribution in [1.82, 2.24) is 5.32 Å². The summed E-state index contributed by atoms with van der Waals surface area (Å²) in [5.74, 6) is -1.58. The van der Waals surface area contributed by atoms with Gasteiger partial charge >= 0.3 is 5.97 Å². The molecule has 1 amide bonds. The van der Waals surface area contributed by atoms with Crippen LogP contribution in [0.4, 0.5) is 4.39 Å². The standard InChI is InChI=1S/C22H23FN2O4/c1-4-28-19-8-6-5-7-17(19)21(26)25-20(14(2)3)22(27)29-13-16-11-15(12-24)9-10-18(16)23/h5-11,14,20H,4,13H2,1-3H3,(H,25,26)/t20-/m0/s1. The lowest BCUT2D eigenvalue weighted by atomic mass is 10.0. The topological polar surface area (TPSA) is 88.4 Å². The van der Waals surface area contributed by atoms with Gasteiger partial charge < -0.3 is 14.8 Å². The Hall–Kier alpha value is -3.40. The van der Waals surface area contributed by atoms with Crippen molar-refractivity contribution in [3.05, 3.63) is 65.0 Å². The number of para-hydroxylation sites is 1. The molecule has 2 aromatic carbocycles. The summed E-state index contributed by atoms with van der Waals surface area (Å²) in [6.07, 6.45) is 0. The molecule has 0 spiro atoms. The van der Waals surface area contributed by atoms with Gasteiger partial charge in [-0.15, -0.1) is 0 Å². The maximum Gasteiger partial charge on any atom is 0.329 e. The summed E-state index contributed by atoms with van der Waals surface area (Å²) in [6, 6.07) is 11.5. The van der Waals surface area contributed by atoms with Crippen molar-refractivity contribution in [2.45, 2.75) is 33.4 Å². The number of nitrogens with zero attached hydrogens (tertiary/aromatic N) is 1. The van der Waals surface area contributed by atoms with E-state index in [0.717, 1.165) is 6.07 Å². The highest BCUT2D eigenvalue weighted by Crippen LogP contribution is 2.19. The van der Waals surface area contributed by atoms with Gasteiger partial charge in [0, 0.05) is 5.56 Å². The van der Waals surface area contributed by atoms with Crippen molar-refractivity contribution in [2.24, 2.45) is 5.92 Å². The van der Waals surface area contributed by atoms with E-state index in [1.807, 2.05) is 13.0 Å². The van der Waals surface area contributed by atoms with Crippen LogP contribution in [-0.4, -0.2) is 24.5 Å². The molecule has 29 heavy (non-hydrogen) atoms. The van der Waals surface area contributed by atoms with Crippen LogP contribution in [0.5, 0.6) is 5.75 Å². The van der Waals surface area contributed by atoms with Gasteiger partial charge in [-0.05, 0) is 43.2 Å². The van der Waals surface area contributed by atoms with Crippen LogP contribution in [0.2, 0.25) is 0 Å². The van der Waals surface area contributed by atoms with E-state index in [1.165, 1.54) is 12.1 Å². The first-order chi connectivity index (χ1) is 13.9. The van der Waals surface area contributed by atoms with Crippen LogP contribution in [0.1, 0.15) is 42.3 Å². The fraction of sp³-hybridized carbons (Fsp3) is 0.318. The second kappa shape index (κ2) is 10.2. The van der Waals surface area contributed by atoms with E-state index in [-0.39, 0.29) is 23.7 Å². The Balaban J connectivity index is 2.10. The molecule has 152 valence electrons. The van der Waals surface area contributed by atoms with Crippen molar-refractivity contribution < 1.29 is 23.5 Å². The number of ether oxygens (including phenoxy) is 2. The molecular weight excluding hydrogens is 375 g/mol. The molecule has 0 aliphatic rings. The molecule has 0 unspecified atom stereocenters. The van der Waals surface area contributed by atoms with Gasteiger partial charge in [0.15, 0.2) is 0 Å². The van der Waals surface area contributed by atoms with E-state index < -0.39 is 23.7 Å². The zero-order chi connectivity index (χ0) is 21.4. The van der Waals surface area contributed by atoms with Gasteiger partial charge in [0.25, 0.3) is 5.91 Å². The molecule has 2 rings (SSSR count). The molecule has 6 nitrogen and oxygen atoms in total. The first kappa shape index (κ1) is 21.9. The predicted molar refractivity (Wildman–Crippen MR) is 105 cm³/mol. The molecule has 2 aromatic rings. The number of nitrogens with one attached hydrogen (secondary N) is 1. The Bertz CT molecular complexity index is 921. The minimum atomic E-state index is -0.931. The molecule has 0 bridgehead atoms. The summed E-state index contributed by atoms with van der Waals surface area (Å²) in [7, 11) is 0. The predicted octanol–water partition coefficient (Wildman–Crippen LogP) is 3.59. The van der Waals surface area contributed by atoms with E-state index in [2.05, 4.69) is 5.32 Å². The Kier molecular flexibility index (Phi) is 7.72. The summed E-state index contributed by atoms with van der Waals surface area (Å²) in [6.45, 7) is 5.39. The highest BCUT2D eigenvalue weighted by atomic mass is 19.1. The van der Waals surface area contributed by atoms with Gasteiger partial charge in [0.1, 0.15) is 24.2 Å². The summed E-state index contributed by atoms with van der Waals surface area (Å²) >= 11 is 0. The summed E-state index contributed by atoms with van der Waals surface area (Å²) < 4.78 is 24.5. The number of halogens is 1. The fourth-order valence-electron chi connectivity index (χ4n) is 2.65. The van der Waals surface area contributed by atoms with Gasteiger partial charge in [-0.1, -0.05) is 26.0 Å². The monoisotopic (exact) mass is 398 g/mol. The first-order valence-electron chi connectivity index (χ1n) is 9.25. The number of esters is 1. The molecule has 0 aliphatic carbocycles. The van der Waals surface area contributed by atoms with E-state index in [1.54, 1.807) is 38.1 Å². The number of hydrogen-bond donors (Lipinski definition) is 1. The fourth-order valence-corrected chi connectivity index (χ4v) is 2.65. The molecule has 1 atom stereocenters. The quantitative estimate of drug-likeness (QED) is 0.687. The van der Waals surface area contributed by atoms with E-state index >= 15 is 0 Å². The maximum absolute atomic E-state index is 13.9. The van der Waals surface area contributed by atoms with Crippen molar-refractivity contribution in [3.63, 3.8) is 0 Å².